The Morgan fingerprint density at radius 1 is 0.365 bits per heavy atom. The van der Waals surface area contributed by atoms with Crippen molar-refractivity contribution in [1.29, 1.82) is 0 Å². The minimum absolute atomic E-state index is 0.257. The van der Waals surface area contributed by atoms with Crippen LogP contribution in [-0.2, 0) is 0 Å². The quantitative estimate of drug-likeness (QED) is 0.182. The number of hydrogen-bond acceptors (Lipinski definition) is 1. The third-order valence-electron chi connectivity index (χ3n) is 10.4. The third-order valence-corrected chi connectivity index (χ3v) is 10.4. The monoisotopic (exact) mass is 664 g/mol. The smallest absolute Gasteiger partial charge is 0.139 e. The second kappa shape index (κ2) is 11.9. The standard InChI is InChI=1S/C48H33BN2O/c49-35-22-24-43-41(29-35)47-39(40-19-10-20-45-48(40)42-30-38(52)23-25-44(42)50(45)36-16-8-3-9-17-36)18-11-21-46(47)51(43)37-27-33(31-12-4-1-5-13-31)26-34(28-37)32-14-6-2-7-15-32/h1-30,52H,49H2. The van der Waals surface area contributed by atoms with Crippen LogP contribution in [0, 0.1) is 0 Å². The normalized spacial score (nSPS) is 11.6. The Labute approximate surface area is 302 Å². The van der Waals surface area contributed by atoms with Crippen molar-refractivity contribution < 1.29 is 5.11 Å². The van der Waals surface area contributed by atoms with Crippen molar-refractivity contribution in [1.82, 2.24) is 9.13 Å². The minimum Gasteiger partial charge on any atom is -0.508 e. The molecule has 3 nitrogen and oxygen atoms in total. The first-order valence-electron chi connectivity index (χ1n) is 17.7. The predicted molar refractivity (Wildman–Crippen MR) is 221 cm³/mol. The van der Waals surface area contributed by atoms with Gasteiger partial charge in [0.25, 0.3) is 0 Å². The lowest BCUT2D eigenvalue weighted by atomic mass is 9.92. The number of phenolic OH excluding ortho intramolecular Hbond substituents is 1. The van der Waals surface area contributed by atoms with Gasteiger partial charge in [-0.05, 0) is 100 Å². The number of aromatic nitrogens is 2. The van der Waals surface area contributed by atoms with Crippen molar-refractivity contribution >= 4 is 56.9 Å². The fourth-order valence-electron chi connectivity index (χ4n) is 8.16. The fourth-order valence-corrected chi connectivity index (χ4v) is 8.16. The van der Waals surface area contributed by atoms with Crippen LogP contribution in [-0.4, -0.2) is 22.1 Å². The maximum atomic E-state index is 10.8. The Bertz CT molecular complexity index is 2900. The van der Waals surface area contributed by atoms with Crippen LogP contribution in [0.3, 0.4) is 0 Å². The van der Waals surface area contributed by atoms with E-state index in [1.165, 1.54) is 38.5 Å². The van der Waals surface area contributed by atoms with E-state index >= 15 is 0 Å². The predicted octanol–water partition coefficient (Wildman–Crippen LogP) is 10.8. The van der Waals surface area contributed by atoms with Crippen molar-refractivity contribution in [2.45, 2.75) is 0 Å². The number of nitrogens with zero attached hydrogens (tertiary/aromatic N) is 2. The minimum atomic E-state index is 0.257. The van der Waals surface area contributed by atoms with Crippen molar-refractivity contribution in [3.8, 4) is 50.5 Å². The van der Waals surface area contributed by atoms with Gasteiger partial charge in [-0.3, -0.25) is 0 Å². The van der Waals surface area contributed by atoms with Crippen molar-refractivity contribution in [2.75, 3.05) is 0 Å². The van der Waals surface area contributed by atoms with Crippen LogP contribution in [0.25, 0.3) is 88.4 Å². The molecule has 244 valence electrons. The molecule has 0 radical (unpaired) electrons. The van der Waals surface area contributed by atoms with Crippen LogP contribution >= 0.6 is 0 Å². The molecule has 0 aliphatic heterocycles. The first-order valence-corrected chi connectivity index (χ1v) is 17.7. The second-order valence-corrected chi connectivity index (χ2v) is 13.6. The molecule has 0 bridgehead atoms. The number of benzene rings is 8. The highest BCUT2D eigenvalue weighted by atomic mass is 16.3. The van der Waals surface area contributed by atoms with Gasteiger partial charge >= 0.3 is 0 Å². The van der Waals surface area contributed by atoms with E-state index < -0.39 is 0 Å². The lowest BCUT2D eigenvalue weighted by Gasteiger charge is -2.14. The molecular weight excluding hydrogens is 631 g/mol. The van der Waals surface area contributed by atoms with Gasteiger partial charge in [-0.25, -0.2) is 0 Å². The summed E-state index contributed by atoms with van der Waals surface area (Å²) in [6, 6.07) is 64.6. The van der Waals surface area contributed by atoms with Gasteiger partial charge < -0.3 is 14.2 Å². The second-order valence-electron chi connectivity index (χ2n) is 13.6. The van der Waals surface area contributed by atoms with Gasteiger partial charge in [-0.2, -0.15) is 0 Å². The molecule has 0 saturated heterocycles. The van der Waals surface area contributed by atoms with Gasteiger partial charge in [0.2, 0.25) is 0 Å². The maximum Gasteiger partial charge on any atom is 0.139 e. The van der Waals surface area contributed by atoms with E-state index in [9.17, 15) is 5.11 Å². The molecule has 0 fully saturated rings. The molecule has 0 atom stereocenters. The molecule has 2 heterocycles. The molecule has 0 spiro atoms. The number of rotatable bonds is 5. The van der Waals surface area contributed by atoms with E-state index in [2.05, 4.69) is 175 Å². The molecule has 0 saturated carbocycles. The van der Waals surface area contributed by atoms with Crippen LogP contribution in [0.1, 0.15) is 0 Å². The fraction of sp³-hybridized carbons (Fsp3) is 0. The molecule has 0 amide bonds. The Balaban J connectivity index is 1.30. The molecular formula is C48H33BN2O. The summed E-state index contributed by atoms with van der Waals surface area (Å²) in [5.41, 5.74) is 14.9. The summed E-state index contributed by atoms with van der Waals surface area (Å²) in [6.45, 7) is 0. The van der Waals surface area contributed by atoms with Gasteiger partial charge in [0.1, 0.15) is 13.6 Å². The summed E-state index contributed by atoms with van der Waals surface area (Å²) >= 11 is 0. The molecule has 10 aromatic rings. The van der Waals surface area contributed by atoms with E-state index in [0.717, 1.165) is 55.3 Å². The van der Waals surface area contributed by atoms with Gasteiger partial charge in [0, 0.05) is 32.9 Å². The molecule has 0 aliphatic carbocycles. The van der Waals surface area contributed by atoms with E-state index in [4.69, 9.17) is 0 Å². The molecule has 4 heteroatoms. The summed E-state index contributed by atoms with van der Waals surface area (Å²) in [4.78, 5) is 0. The molecule has 10 rings (SSSR count). The molecule has 0 unspecified atom stereocenters. The Kier molecular flexibility index (Phi) is 6.90. The highest BCUT2D eigenvalue weighted by Crippen LogP contribution is 2.45. The van der Waals surface area contributed by atoms with Crippen molar-refractivity contribution in [2.24, 2.45) is 0 Å². The first kappa shape index (κ1) is 30.1. The summed E-state index contributed by atoms with van der Waals surface area (Å²) in [7, 11) is 2.17. The van der Waals surface area contributed by atoms with Gasteiger partial charge in [-0.15, -0.1) is 0 Å². The maximum absolute atomic E-state index is 10.8. The molecule has 8 aromatic carbocycles. The van der Waals surface area contributed by atoms with Gasteiger partial charge in [0.05, 0.1) is 22.1 Å². The highest BCUT2D eigenvalue weighted by molar-refractivity contribution is 6.34. The lowest BCUT2D eigenvalue weighted by Crippen LogP contribution is -2.01. The van der Waals surface area contributed by atoms with Crippen LogP contribution in [0.4, 0.5) is 0 Å². The highest BCUT2D eigenvalue weighted by Gasteiger charge is 2.21. The van der Waals surface area contributed by atoms with Gasteiger partial charge in [-0.1, -0.05) is 121 Å². The molecule has 2 aromatic heterocycles. The zero-order chi connectivity index (χ0) is 34.8. The third kappa shape index (κ3) is 4.76. The van der Waals surface area contributed by atoms with Crippen molar-refractivity contribution in [3.63, 3.8) is 0 Å². The Morgan fingerprint density at radius 2 is 0.865 bits per heavy atom. The number of para-hydroxylation sites is 1. The van der Waals surface area contributed by atoms with E-state index in [0.29, 0.717) is 0 Å². The Morgan fingerprint density at radius 3 is 1.44 bits per heavy atom. The number of hydrogen-bond donors (Lipinski definition) is 1. The van der Waals surface area contributed by atoms with Crippen molar-refractivity contribution in [3.05, 3.63) is 182 Å². The first-order chi connectivity index (χ1) is 25.6. The largest absolute Gasteiger partial charge is 0.508 e. The average Bonchev–Trinajstić information content (AvgIpc) is 3.71. The summed E-state index contributed by atoms with van der Waals surface area (Å²) in [6.07, 6.45) is 0. The molecule has 0 aliphatic rings. The topological polar surface area (TPSA) is 30.1 Å². The zero-order valence-corrected chi connectivity index (χ0v) is 28.7. The number of fused-ring (bicyclic) bond motifs is 6. The van der Waals surface area contributed by atoms with Crippen LogP contribution in [0.2, 0.25) is 0 Å². The van der Waals surface area contributed by atoms with Crippen LogP contribution < -0.4 is 5.46 Å². The van der Waals surface area contributed by atoms with Crippen LogP contribution in [0.5, 0.6) is 5.75 Å². The zero-order valence-electron chi connectivity index (χ0n) is 28.7. The molecule has 52 heavy (non-hydrogen) atoms. The SMILES string of the molecule is Bc1ccc2c(c1)c1c(-c3cccc4c3c3cc(O)ccc3n4-c3ccccc3)cccc1n2-c1cc(-c2ccccc2)cc(-c2ccccc2)c1. The van der Waals surface area contributed by atoms with Gasteiger partial charge in [0.15, 0.2) is 0 Å². The average molecular weight is 665 g/mol. The van der Waals surface area contributed by atoms with E-state index in [1.807, 2.05) is 18.2 Å². The summed E-state index contributed by atoms with van der Waals surface area (Å²) in [5.74, 6) is 0.257. The Hall–Kier alpha value is -6.78. The lowest BCUT2D eigenvalue weighted by molar-refractivity contribution is 0.476. The van der Waals surface area contributed by atoms with E-state index in [1.54, 1.807) is 6.07 Å². The van der Waals surface area contributed by atoms with E-state index in [-0.39, 0.29) is 5.75 Å². The summed E-state index contributed by atoms with van der Waals surface area (Å²) in [5, 5.41) is 15.4. The number of phenols is 1. The number of aromatic hydroxyl groups is 1. The van der Waals surface area contributed by atoms with Crippen LogP contribution in [0.15, 0.2) is 182 Å². The molecule has 1 N–H and O–H groups in total. The summed E-state index contributed by atoms with van der Waals surface area (Å²) < 4.78 is 4.74.